The Labute approximate surface area is 180 Å². The number of rotatable bonds is 6. The van der Waals surface area contributed by atoms with E-state index in [0.717, 1.165) is 29.2 Å². The molecule has 0 aromatic heterocycles. The van der Waals surface area contributed by atoms with Crippen molar-refractivity contribution in [1.82, 2.24) is 0 Å². The number of ketones is 1. The lowest BCUT2D eigenvalue weighted by molar-refractivity contribution is -0.133. The average molecular weight is 431 g/mol. The minimum absolute atomic E-state index is 0.0102. The summed E-state index contributed by atoms with van der Waals surface area (Å²) in [4.78, 5) is 13.7. The predicted molar refractivity (Wildman–Crippen MR) is 113 cm³/mol. The number of piperidine rings is 1. The number of carbonyl (C=O) groups excluding carboxylic acids is 1. The van der Waals surface area contributed by atoms with E-state index in [1.165, 1.54) is 6.92 Å². The van der Waals surface area contributed by atoms with Gasteiger partial charge in [-0.05, 0) is 61.7 Å². The molecule has 1 saturated heterocycles. The van der Waals surface area contributed by atoms with Crippen LogP contribution in [0, 0.1) is 0 Å². The molecule has 1 fully saturated rings. The van der Waals surface area contributed by atoms with Gasteiger partial charge in [0.25, 0.3) is 0 Å². The van der Waals surface area contributed by atoms with Crippen molar-refractivity contribution in [2.24, 2.45) is 0 Å². The van der Waals surface area contributed by atoms with Gasteiger partial charge in [-0.2, -0.15) is 8.78 Å². The Hall–Kier alpha value is -2.67. The first kappa shape index (κ1) is 21.6. The van der Waals surface area contributed by atoms with Gasteiger partial charge in [-0.25, -0.2) is 0 Å². The molecule has 0 bridgehead atoms. The standard InChI is InChI=1S/C24H27F2NO4/c1-15(28)16-4-8-19(9-5-16)27-13-18(6-10-20(27)14-29-23(25)26)17-7-11-21-22(12-17)31-24(2,3)30-21/h4-5,7-9,11-12,18,20,23H,6,10,13-14H2,1-3H3/t18-,20-/m0/s1. The van der Waals surface area contributed by atoms with Crippen LogP contribution in [0.5, 0.6) is 11.5 Å². The number of fused-ring (bicyclic) bond motifs is 1. The van der Waals surface area contributed by atoms with Gasteiger partial charge in [-0.3, -0.25) is 4.79 Å². The number of alkyl halides is 2. The molecule has 2 aliphatic rings. The molecule has 0 saturated carbocycles. The van der Waals surface area contributed by atoms with Gasteiger partial charge in [-0.1, -0.05) is 6.07 Å². The molecule has 2 atom stereocenters. The molecular formula is C24H27F2NO4. The Bertz CT molecular complexity index is 945. The number of halogens is 2. The monoisotopic (exact) mass is 431 g/mol. The van der Waals surface area contributed by atoms with E-state index in [-0.39, 0.29) is 24.3 Å². The zero-order chi connectivity index (χ0) is 22.2. The van der Waals surface area contributed by atoms with Crippen LogP contribution in [-0.4, -0.2) is 37.4 Å². The van der Waals surface area contributed by atoms with Crippen molar-refractivity contribution in [3.8, 4) is 11.5 Å². The number of nitrogens with zero attached hydrogens (tertiary/aromatic N) is 1. The molecule has 0 spiro atoms. The molecule has 2 aromatic carbocycles. The fraction of sp³-hybridized carbons (Fsp3) is 0.458. The fourth-order valence-corrected chi connectivity index (χ4v) is 4.35. The number of anilines is 1. The highest BCUT2D eigenvalue weighted by Gasteiger charge is 2.34. The van der Waals surface area contributed by atoms with Crippen LogP contribution in [-0.2, 0) is 4.74 Å². The summed E-state index contributed by atoms with van der Waals surface area (Å²) >= 11 is 0. The number of hydrogen-bond donors (Lipinski definition) is 0. The normalized spacial score (nSPS) is 22.1. The van der Waals surface area contributed by atoms with Crippen molar-refractivity contribution in [3.05, 3.63) is 53.6 Å². The van der Waals surface area contributed by atoms with Crippen molar-refractivity contribution in [2.75, 3.05) is 18.1 Å². The summed E-state index contributed by atoms with van der Waals surface area (Å²) in [7, 11) is 0. The minimum atomic E-state index is -2.79. The first-order valence-corrected chi connectivity index (χ1v) is 10.5. The first-order valence-electron chi connectivity index (χ1n) is 10.5. The number of hydrogen-bond acceptors (Lipinski definition) is 5. The summed E-state index contributed by atoms with van der Waals surface area (Å²) in [5.74, 6) is 0.958. The molecule has 166 valence electrons. The van der Waals surface area contributed by atoms with E-state index < -0.39 is 12.4 Å². The Morgan fingerprint density at radius 1 is 1.13 bits per heavy atom. The molecule has 2 aliphatic heterocycles. The second-order valence-electron chi connectivity index (χ2n) is 8.59. The van der Waals surface area contributed by atoms with Crippen molar-refractivity contribution >= 4 is 11.5 Å². The van der Waals surface area contributed by atoms with Crippen LogP contribution in [0.2, 0.25) is 0 Å². The lowest BCUT2D eigenvalue weighted by atomic mass is 9.86. The van der Waals surface area contributed by atoms with Gasteiger partial charge >= 0.3 is 6.61 Å². The van der Waals surface area contributed by atoms with Crippen LogP contribution in [0.3, 0.4) is 0 Å². The quantitative estimate of drug-likeness (QED) is 0.574. The smallest absolute Gasteiger partial charge is 0.345 e. The van der Waals surface area contributed by atoms with Crippen molar-refractivity contribution < 1.29 is 27.8 Å². The molecule has 0 radical (unpaired) electrons. The van der Waals surface area contributed by atoms with Gasteiger partial charge in [0.05, 0.1) is 12.6 Å². The maximum Gasteiger partial charge on any atom is 0.345 e. The van der Waals surface area contributed by atoms with E-state index >= 15 is 0 Å². The third-order valence-electron chi connectivity index (χ3n) is 5.88. The molecule has 5 nitrogen and oxygen atoms in total. The van der Waals surface area contributed by atoms with Crippen molar-refractivity contribution in [1.29, 1.82) is 0 Å². The average Bonchev–Trinajstić information content (AvgIpc) is 3.05. The minimum Gasteiger partial charge on any atom is -0.449 e. The summed E-state index contributed by atoms with van der Waals surface area (Å²) in [6.07, 6.45) is 1.56. The number of ether oxygens (including phenoxy) is 3. The van der Waals surface area contributed by atoms with Gasteiger partial charge in [0, 0.05) is 37.6 Å². The van der Waals surface area contributed by atoms with Crippen molar-refractivity contribution in [2.45, 2.75) is 58.0 Å². The molecule has 31 heavy (non-hydrogen) atoms. The summed E-state index contributed by atoms with van der Waals surface area (Å²) in [5, 5.41) is 0. The van der Waals surface area contributed by atoms with Crippen LogP contribution in [0.1, 0.15) is 55.5 Å². The lowest BCUT2D eigenvalue weighted by Crippen LogP contribution is -2.45. The second-order valence-corrected chi connectivity index (χ2v) is 8.59. The predicted octanol–water partition coefficient (Wildman–Crippen LogP) is 5.39. The Morgan fingerprint density at radius 2 is 1.84 bits per heavy atom. The molecule has 4 rings (SSSR count). The molecular weight excluding hydrogens is 404 g/mol. The Kier molecular flexibility index (Phi) is 5.88. The highest BCUT2D eigenvalue weighted by atomic mass is 19.3. The van der Waals surface area contributed by atoms with Crippen LogP contribution in [0.15, 0.2) is 42.5 Å². The van der Waals surface area contributed by atoms with E-state index in [0.29, 0.717) is 18.5 Å². The molecule has 7 heteroatoms. The summed E-state index contributed by atoms with van der Waals surface area (Å²) < 4.78 is 41.7. The first-order chi connectivity index (χ1) is 14.7. The Morgan fingerprint density at radius 3 is 2.52 bits per heavy atom. The molecule has 0 aliphatic carbocycles. The molecule has 2 aromatic rings. The van der Waals surface area contributed by atoms with Crippen molar-refractivity contribution in [3.63, 3.8) is 0 Å². The van der Waals surface area contributed by atoms with Crippen LogP contribution < -0.4 is 14.4 Å². The highest BCUT2D eigenvalue weighted by Crippen LogP contribution is 2.42. The van der Waals surface area contributed by atoms with E-state index in [9.17, 15) is 13.6 Å². The topological polar surface area (TPSA) is 48.0 Å². The van der Waals surface area contributed by atoms with Crippen LogP contribution >= 0.6 is 0 Å². The lowest BCUT2D eigenvalue weighted by Gasteiger charge is -2.41. The van der Waals surface area contributed by atoms with Gasteiger partial charge in [-0.15, -0.1) is 0 Å². The highest BCUT2D eigenvalue weighted by molar-refractivity contribution is 5.94. The van der Waals surface area contributed by atoms with E-state index in [1.54, 1.807) is 12.1 Å². The molecule has 0 N–H and O–H groups in total. The largest absolute Gasteiger partial charge is 0.449 e. The number of carbonyl (C=O) groups is 1. The molecule has 0 unspecified atom stereocenters. The van der Waals surface area contributed by atoms with Gasteiger partial charge in [0.1, 0.15) is 0 Å². The van der Waals surface area contributed by atoms with Crippen LogP contribution in [0.4, 0.5) is 14.5 Å². The third-order valence-corrected chi connectivity index (χ3v) is 5.88. The van der Waals surface area contributed by atoms with Gasteiger partial charge in [0.2, 0.25) is 5.79 Å². The summed E-state index contributed by atoms with van der Waals surface area (Å²) in [6, 6.07) is 13.1. The third kappa shape index (κ3) is 4.82. The number of Topliss-reactive ketones (excluding diaryl/α,β-unsaturated/α-hetero) is 1. The summed E-state index contributed by atoms with van der Waals surface area (Å²) in [5.41, 5.74) is 2.63. The van der Waals surface area contributed by atoms with E-state index in [4.69, 9.17) is 9.47 Å². The van der Waals surface area contributed by atoms with E-state index in [1.807, 2.05) is 44.2 Å². The summed E-state index contributed by atoms with van der Waals surface area (Å²) in [6.45, 7) is 3.07. The second kappa shape index (κ2) is 8.46. The molecule has 2 heterocycles. The van der Waals surface area contributed by atoms with Gasteiger partial charge < -0.3 is 19.1 Å². The number of benzene rings is 2. The van der Waals surface area contributed by atoms with Gasteiger partial charge in [0.15, 0.2) is 17.3 Å². The SMILES string of the molecule is CC(=O)c1ccc(N2C[C@@H](c3ccc4c(c3)OC(C)(C)O4)CC[C@H]2COC(F)F)cc1. The zero-order valence-corrected chi connectivity index (χ0v) is 17.9. The Balaban J connectivity index is 1.57. The zero-order valence-electron chi connectivity index (χ0n) is 17.9. The van der Waals surface area contributed by atoms with E-state index in [2.05, 4.69) is 9.64 Å². The van der Waals surface area contributed by atoms with Crippen LogP contribution in [0.25, 0.3) is 0 Å². The molecule has 0 amide bonds. The maximum atomic E-state index is 12.7. The maximum absolute atomic E-state index is 12.7. The fourth-order valence-electron chi connectivity index (χ4n) is 4.35.